The number of aromatic nitrogens is 1. The van der Waals surface area contributed by atoms with Gasteiger partial charge in [0.2, 0.25) is 0 Å². The van der Waals surface area contributed by atoms with Crippen molar-refractivity contribution in [2.75, 3.05) is 18.5 Å². The lowest BCUT2D eigenvalue weighted by molar-refractivity contribution is -0.137. The molecule has 6 nitrogen and oxygen atoms in total. The molecule has 1 aromatic carbocycles. The molecule has 3 aromatic rings. The van der Waals surface area contributed by atoms with Crippen molar-refractivity contribution in [2.45, 2.75) is 19.8 Å². The van der Waals surface area contributed by atoms with Crippen molar-refractivity contribution in [1.82, 2.24) is 4.98 Å². The Bertz CT molecular complexity index is 977. The first-order chi connectivity index (χ1) is 11.9. The fourth-order valence-electron chi connectivity index (χ4n) is 2.56. The van der Waals surface area contributed by atoms with Gasteiger partial charge < -0.3 is 14.4 Å². The molecule has 1 N–H and O–H groups in total. The number of nitrogens with zero attached hydrogens (tertiary/aromatic N) is 2. The van der Waals surface area contributed by atoms with Gasteiger partial charge in [0.1, 0.15) is 10.6 Å². The van der Waals surface area contributed by atoms with Crippen molar-refractivity contribution in [3.63, 3.8) is 0 Å². The molecule has 7 heteroatoms. The van der Waals surface area contributed by atoms with Crippen molar-refractivity contribution in [3.05, 3.63) is 45.8 Å². The maximum Gasteiger partial charge on any atom is 0.346 e. The van der Waals surface area contributed by atoms with Crippen LogP contribution in [0.3, 0.4) is 0 Å². The van der Waals surface area contributed by atoms with Crippen LogP contribution in [0.5, 0.6) is 0 Å². The maximum absolute atomic E-state index is 12.3. The van der Waals surface area contributed by atoms with Gasteiger partial charge >= 0.3 is 11.6 Å². The van der Waals surface area contributed by atoms with Crippen molar-refractivity contribution in [3.8, 4) is 10.6 Å². The van der Waals surface area contributed by atoms with E-state index in [2.05, 4.69) is 4.98 Å². The Kier molecular flexibility index (Phi) is 4.85. The van der Waals surface area contributed by atoms with E-state index in [0.717, 1.165) is 16.0 Å². The highest BCUT2D eigenvalue weighted by Gasteiger charge is 2.12. The predicted molar refractivity (Wildman–Crippen MR) is 98.5 cm³/mol. The van der Waals surface area contributed by atoms with Gasteiger partial charge in [-0.3, -0.25) is 4.79 Å². The van der Waals surface area contributed by atoms with Crippen LogP contribution < -0.4 is 10.5 Å². The number of carboxylic acids is 1. The number of carboxylic acid groups (broad SMARTS) is 1. The number of fused-ring (bicyclic) bond motifs is 1. The molecular weight excluding hydrogens is 340 g/mol. The van der Waals surface area contributed by atoms with E-state index in [1.54, 1.807) is 18.3 Å². The lowest BCUT2D eigenvalue weighted by atomic mass is 10.1. The molecule has 25 heavy (non-hydrogen) atoms. The molecule has 2 aromatic heterocycles. The van der Waals surface area contributed by atoms with Crippen LogP contribution in [0.4, 0.5) is 5.69 Å². The fourth-order valence-corrected chi connectivity index (χ4v) is 3.33. The molecule has 0 unspecified atom stereocenters. The fraction of sp³-hybridized carbons (Fsp3) is 0.278. The van der Waals surface area contributed by atoms with E-state index in [9.17, 15) is 9.59 Å². The first-order valence-electron chi connectivity index (χ1n) is 7.87. The molecule has 0 aliphatic rings. The molecule has 0 saturated carbocycles. The first kappa shape index (κ1) is 17.2. The van der Waals surface area contributed by atoms with E-state index in [4.69, 9.17) is 9.52 Å². The van der Waals surface area contributed by atoms with Gasteiger partial charge in [0, 0.05) is 48.2 Å². The van der Waals surface area contributed by atoms with E-state index in [1.165, 1.54) is 11.3 Å². The largest absolute Gasteiger partial charge is 0.481 e. The summed E-state index contributed by atoms with van der Waals surface area (Å²) in [6.07, 6.45) is 2.42. The Morgan fingerprint density at radius 2 is 2.16 bits per heavy atom. The summed E-state index contributed by atoms with van der Waals surface area (Å²) in [5, 5.41) is 10.2. The Morgan fingerprint density at radius 1 is 1.36 bits per heavy atom. The summed E-state index contributed by atoms with van der Waals surface area (Å²) in [5.74, 6) is -0.803. The van der Waals surface area contributed by atoms with Crippen LogP contribution in [-0.2, 0) is 4.79 Å². The second kappa shape index (κ2) is 7.06. The van der Waals surface area contributed by atoms with Crippen LogP contribution in [0.25, 0.3) is 21.5 Å². The lowest BCUT2D eigenvalue weighted by Crippen LogP contribution is -2.19. The maximum atomic E-state index is 12.3. The average molecular weight is 358 g/mol. The highest BCUT2D eigenvalue weighted by molar-refractivity contribution is 7.14. The molecule has 3 rings (SSSR count). The summed E-state index contributed by atoms with van der Waals surface area (Å²) in [5.41, 5.74) is 1.43. The highest BCUT2D eigenvalue weighted by Crippen LogP contribution is 2.27. The molecule has 130 valence electrons. The normalized spacial score (nSPS) is 11.0. The third-order valence-electron chi connectivity index (χ3n) is 3.90. The van der Waals surface area contributed by atoms with Gasteiger partial charge in [-0.15, -0.1) is 11.3 Å². The van der Waals surface area contributed by atoms with Crippen LogP contribution in [0.15, 0.2) is 39.7 Å². The monoisotopic (exact) mass is 358 g/mol. The van der Waals surface area contributed by atoms with Crippen LogP contribution >= 0.6 is 11.3 Å². The standard InChI is InChI=1S/C18H18N2O4S/c1-11-10-19-17(25-11)14-8-12-5-6-13(9-15(12)24-18(14)23)20(2)7-3-4-16(21)22/h5-6,8-10H,3-4,7H2,1-2H3,(H,21,22). The van der Waals surface area contributed by atoms with E-state index in [1.807, 2.05) is 31.0 Å². The molecule has 0 spiro atoms. The number of thiazole rings is 1. The van der Waals surface area contributed by atoms with Crippen molar-refractivity contribution < 1.29 is 14.3 Å². The minimum Gasteiger partial charge on any atom is -0.481 e. The summed E-state index contributed by atoms with van der Waals surface area (Å²) in [6, 6.07) is 7.42. The van der Waals surface area contributed by atoms with E-state index in [-0.39, 0.29) is 6.42 Å². The SMILES string of the molecule is Cc1cnc(-c2cc3ccc(N(C)CCCC(=O)O)cc3oc2=O)s1. The number of anilines is 1. The third kappa shape index (κ3) is 3.88. The van der Waals surface area contributed by atoms with Crippen molar-refractivity contribution >= 4 is 34.0 Å². The summed E-state index contributed by atoms with van der Waals surface area (Å²) >= 11 is 1.46. The predicted octanol–water partition coefficient (Wildman–Crippen LogP) is 3.53. The zero-order chi connectivity index (χ0) is 18.0. The summed E-state index contributed by atoms with van der Waals surface area (Å²) < 4.78 is 5.48. The van der Waals surface area contributed by atoms with Gasteiger partial charge in [0.15, 0.2) is 0 Å². The minimum atomic E-state index is -0.803. The van der Waals surface area contributed by atoms with Gasteiger partial charge in [-0.05, 0) is 31.5 Å². The lowest BCUT2D eigenvalue weighted by Gasteiger charge is -2.19. The summed E-state index contributed by atoms with van der Waals surface area (Å²) in [6.45, 7) is 2.55. The Balaban J connectivity index is 1.88. The zero-order valence-electron chi connectivity index (χ0n) is 14.0. The number of aryl methyl sites for hydroxylation is 1. The van der Waals surface area contributed by atoms with Crippen molar-refractivity contribution in [1.29, 1.82) is 0 Å². The highest BCUT2D eigenvalue weighted by atomic mass is 32.1. The molecule has 0 fully saturated rings. The molecule has 0 aliphatic carbocycles. The van der Waals surface area contributed by atoms with Gasteiger partial charge in [-0.1, -0.05) is 0 Å². The van der Waals surface area contributed by atoms with Gasteiger partial charge in [0.05, 0.1) is 5.56 Å². The molecule has 0 amide bonds. The van der Waals surface area contributed by atoms with Gasteiger partial charge in [-0.2, -0.15) is 0 Å². The molecule has 0 radical (unpaired) electrons. The molecule has 0 atom stereocenters. The Labute approximate surface area is 148 Å². The molecule has 0 saturated heterocycles. The quantitative estimate of drug-likeness (QED) is 0.679. The van der Waals surface area contributed by atoms with E-state index < -0.39 is 11.6 Å². The first-order valence-corrected chi connectivity index (χ1v) is 8.69. The third-order valence-corrected chi connectivity index (χ3v) is 4.84. The van der Waals surface area contributed by atoms with Gasteiger partial charge in [0.25, 0.3) is 0 Å². The van der Waals surface area contributed by atoms with E-state index in [0.29, 0.717) is 29.1 Å². The zero-order valence-corrected chi connectivity index (χ0v) is 14.8. The van der Waals surface area contributed by atoms with E-state index >= 15 is 0 Å². The summed E-state index contributed by atoms with van der Waals surface area (Å²) in [7, 11) is 1.88. The van der Waals surface area contributed by atoms with Crippen LogP contribution in [0, 0.1) is 6.92 Å². The van der Waals surface area contributed by atoms with Crippen LogP contribution in [-0.4, -0.2) is 29.7 Å². The molecule has 0 bridgehead atoms. The molecular formula is C18H18N2O4S. The molecule has 0 aliphatic heterocycles. The number of carbonyl (C=O) groups is 1. The van der Waals surface area contributed by atoms with Crippen molar-refractivity contribution in [2.24, 2.45) is 0 Å². The topological polar surface area (TPSA) is 83.6 Å². The smallest absolute Gasteiger partial charge is 0.346 e. The second-order valence-electron chi connectivity index (χ2n) is 5.86. The molecule has 2 heterocycles. The Morgan fingerprint density at radius 3 is 2.84 bits per heavy atom. The number of aliphatic carboxylic acids is 1. The summed E-state index contributed by atoms with van der Waals surface area (Å²) in [4.78, 5) is 30.1. The number of benzene rings is 1. The van der Waals surface area contributed by atoms with Crippen LogP contribution in [0.1, 0.15) is 17.7 Å². The van der Waals surface area contributed by atoms with Gasteiger partial charge in [-0.25, -0.2) is 9.78 Å². The minimum absolute atomic E-state index is 0.129. The Hall–Kier alpha value is -2.67. The number of hydrogen-bond donors (Lipinski definition) is 1. The second-order valence-corrected chi connectivity index (χ2v) is 7.10. The van der Waals surface area contributed by atoms with Crippen LogP contribution in [0.2, 0.25) is 0 Å². The average Bonchev–Trinajstić information content (AvgIpc) is 2.99. The number of hydrogen-bond acceptors (Lipinski definition) is 6. The number of rotatable bonds is 6.